The van der Waals surface area contributed by atoms with Crippen molar-refractivity contribution in [3.05, 3.63) is 65.2 Å². The zero-order chi connectivity index (χ0) is 58.5. The number of carbonyl (C=O) groups excluding carboxylic acids is 10. The molecule has 1 fully saturated rings. The van der Waals surface area contributed by atoms with Crippen molar-refractivity contribution in [1.82, 2.24) is 26.6 Å². The zero-order valence-electron chi connectivity index (χ0n) is 45.6. The molecule has 2 aromatic rings. The number of ketones is 1. The molecule has 1 saturated heterocycles. The van der Waals surface area contributed by atoms with Gasteiger partial charge in [-0.05, 0) is 74.6 Å². The van der Waals surface area contributed by atoms with E-state index in [1.165, 1.54) is 0 Å². The number of imide groups is 1. The fraction of sp³-hybridized carbons (Fsp3) is 0.566. The normalized spacial score (nSPS) is 17.4. The van der Waals surface area contributed by atoms with E-state index >= 15 is 4.79 Å². The van der Waals surface area contributed by atoms with Gasteiger partial charge in [-0.3, -0.25) is 43.3 Å². The molecule has 9 amide bonds. The van der Waals surface area contributed by atoms with Gasteiger partial charge in [0.1, 0.15) is 29.9 Å². The lowest BCUT2D eigenvalue weighted by Crippen LogP contribution is -2.72. The Hall–Kier alpha value is -6.96. The van der Waals surface area contributed by atoms with Crippen molar-refractivity contribution < 1.29 is 57.2 Å². The Morgan fingerprint density at radius 3 is 1.99 bits per heavy atom. The van der Waals surface area contributed by atoms with E-state index in [9.17, 15) is 43.2 Å². The number of hydrogen-bond acceptors (Lipinski definition) is 15. The summed E-state index contributed by atoms with van der Waals surface area (Å²) in [4.78, 5) is 143. The minimum absolute atomic E-state index is 0.0145. The Morgan fingerprint density at radius 1 is 0.756 bits per heavy atom. The van der Waals surface area contributed by atoms with Crippen LogP contribution in [0.5, 0.6) is 5.75 Å². The van der Waals surface area contributed by atoms with E-state index in [2.05, 4.69) is 31.6 Å². The zero-order valence-corrected chi connectivity index (χ0v) is 46.5. The molecule has 0 radical (unpaired) electrons. The molecular formula is C53H82N13O11S+. The Balaban J connectivity index is 2.00. The summed E-state index contributed by atoms with van der Waals surface area (Å²) in [6.07, 6.45) is 0.471. The fourth-order valence-corrected chi connectivity index (χ4v) is 9.37. The highest BCUT2D eigenvalue weighted by molar-refractivity contribution is 7.81. The molecule has 8 atom stereocenters. The highest BCUT2D eigenvalue weighted by Crippen LogP contribution is 2.33. The molecule has 3 rings (SSSR count). The standard InChI is InChI=1S/C53H81N13O11S/c1-7-35(54)50(75)66(23-15-19-40(66)48(73)62-37(18-14-22-60-52(58)59)46(71)61-29-43(57)69)51(76)39(27-42(56)68)64-49(74)44(30(5)6)65-47(72)38(24-31-16-12-11-13-17-31)63-45(70)36(55)25-32-20-21-33(77-10-4)26-34(32)41(67)28-53(78,8-2)9-3/h11-13,16-17,20-21,26,30,35-40,44H,7-10,14-15,18-19,22-25,27-29,54-55H2,1-6H3,(H13-,56,57,58,59,60,61,62,63,64,65,68,69,70,71,72,73,74,78)/p+1/t35?,36-,37-,38-,39-,40-,44-,66?/m0/s1. The van der Waals surface area contributed by atoms with E-state index in [0.29, 0.717) is 41.9 Å². The van der Waals surface area contributed by atoms with Crippen LogP contribution in [-0.4, -0.2) is 143 Å². The summed E-state index contributed by atoms with van der Waals surface area (Å²) in [6, 6.07) is 3.52. The number of thiol groups is 1. The molecular weight excluding hydrogens is 1030 g/mol. The van der Waals surface area contributed by atoms with Crippen molar-refractivity contribution in [2.75, 3.05) is 26.2 Å². The summed E-state index contributed by atoms with van der Waals surface area (Å²) in [5, 5.41) is 12.9. The van der Waals surface area contributed by atoms with Gasteiger partial charge in [0.05, 0.1) is 32.2 Å². The lowest BCUT2D eigenvalue weighted by molar-refractivity contribution is -0.783. The molecule has 0 spiro atoms. The summed E-state index contributed by atoms with van der Waals surface area (Å²) < 4.78 is 3.85. The molecule has 0 aromatic heterocycles. The van der Waals surface area contributed by atoms with Crippen LogP contribution >= 0.6 is 12.6 Å². The lowest BCUT2D eigenvalue weighted by atomic mass is 9.89. The minimum Gasteiger partial charge on any atom is -0.494 e. The number of nitrogens with two attached hydrogens (primary N) is 6. The number of ether oxygens (including phenoxy) is 1. The molecule has 0 aliphatic carbocycles. The van der Waals surface area contributed by atoms with Crippen LogP contribution in [0, 0.1) is 5.92 Å². The molecule has 24 nitrogen and oxygen atoms in total. The maximum atomic E-state index is 15.2. The van der Waals surface area contributed by atoms with Crippen molar-refractivity contribution in [2.24, 2.45) is 45.3 Å². The van der Waals surface area contributed by atoms with Crippen LogP contribution in [0.15, 0.2) is 53.5 Å². The number of hydrogen-bond donors (Lipinski definition) is 12. The van der Waals surface area contributed by atoms with Crippen molar-refractivity contribution >= 4 is 77.5 Å². The number of aliphatic imine (C=N–C) groups is 1. The quantitative estimate of drug-likeness (QED) is 0.0106. The van der Waals surface area contributed by atoms with E-state index in [0.717, 1.165) is 0 Å². The second kappa shape index (κ2) is 30.8. The largest absolute Gasteiger partial charge is 0.494 e. The second-order valence-electron chi connectivity index (χ2n) is 19.9. The third-order valence-corrected chi connectivity index (χ3v) is 14.6. The first-order valence-corrected chi connectivity index (χ1v) is 26.9. The molecule has 0 bridgehead atoms. The molecule has 430 valence electrons. The van der Waals surface area contributed by atoms with Crippen molar-refractivity contribution in [2.45, 2.75) is 159 Å². The monoisotopic (exact) mass is 1110 g/mol. The number of rotatable bonds is 32. The van der Waals surface area contributed by atoms with Gasteiger partial charge < -0.3 is 65.7 Å². The van der Waals surface area contributed by atoms with Gasteiger partial charge in [-0.2, -0.15) is 17.1 Å². The second-order valence-corrected chi connectivity index (χ2v) is 20.9. The average Bonchev–Trinajstić information content (AvgIpc) is 3.85. The van der Waals surface area contributed by atoms with Crippen LogP contribution in [0.3, 0.4) is 0 Å². The number of guanidine groups is 1. The Bertz CT molecular complexity index is 2490. The van der Waals surface area contributed by atoms with Gasteiger partial charge in [-0.25, -0.2) is 9.59 Å². The summed E-state index contributed by atoms with van der Waals surface area (Å²) in [6.45, 7) is 10.0. The summed E-state index contributed by atoms with van der Waals surface area (Å²) in [5.74, 6) is -8.95. The smallest absolute Gasteiger partial charge is 0.344 e. The van der Waals surface area contributed by atoms with Gasteiger partial charge in [-0.1, -0.05) is 71.0 Å². The van der Waals surface area contributed by atoms with Gasteiger partial charge in [0.15, 0.2) is 23.8 Å². The number of nitrogens with zero attached hydrogens (tertiary/aromatic N) is 2. The molecule has 25 heteroatoms. The first-order chi connectivity index (χ1) is 36.8. The highest BCUT2D eigenvalue weighted by Gasteiger charge is 2.60. The van der Waals surface area contributed by atoms with Gasteiger partial charge in [0, 0.05) is 42.5 Å². The number of amides is 9. The first kappa shape index (κ1) is 65.3. The van der Waals surface area contributed by atoms with E-state index in [1.807, 2.05) is 20.8 Å². The summed E-state index contributed by atoms with van der Waals surface area (Å²) >= 11 is 4.79. The van der Waals surface area contributed by atoms with Gasteiger partial charge in [0.25, 0.3) is 5.91 Å². The number of nitrogens with one attached hydrogen (secondary N) is 5. The van der Waals surface area contributed by atoms with Crippen molar-refractivity contribution in [3.8, 4) is 5.75 Å². The van der Waals surface area contributed by atoms with E-state index in [4.69, 9.17) is 51.8 Å². The van der Waals surface area contributed by atoms with Crippen LogP contribution in [0.25, 0.3) is 0 Å². The third kappa shape index (κ3) is 18.6. The molecule has 17 N–H and O–H groups in total. The third-order valence-electron chi connectivity index (χ3n) is 13.8. The van der Waals surface area contributed by atoms with Crippen LogP contribution in [0.1, 0.15) is 121 Å². The average molecular weight is 1110 g/mol. The number of quaternary nitrogens is 1. The topological polar surface area (TPSA) is 409 Å². The van der Waals surface area contributed by atoms with E-state index < -0.39 is 124 Å². The minimum atomic E-state index is -1.87. The summed E-state index contributed by atoms with van der Waals surface area (Å²) in [7, 11) is 0. The van der Waals surface area contributed by atoms with E-state index in [1.54, 1.807) is 69.3 Å². The molecule has 1 aliphatic rings. The SMILES string of the molecule is CCOc1ccc(C[C@H](N)C(=O)N[C@@H](Cc2ccccc2)C(=O)N[C@H](C(=O)N[C@@H](CC(N)=O)C(=O)[N+]2(C(=O)C(N)CC)CCC[C@H]2C(=O)N[C@@H](CCCN=C(N)N)C(=O)NCC(N)=O)C(C)C)c(C(=O)CC(S)(CC)CC)c1. The predicted molar refractivity (Wildman–Crippen MR) is 296 cm³/mol. The number of benzene rings is 2. The molecule has 1 aliphatic heterocycles. The molecule has 0 saturated carbocycles. The lowest BCUT2D eigenvalue weighted by Gasteiger charge is -2.38. The van der Waals surface area contributed by atoms with Gasteiger partial charge >= 0.3 is 11.8 Å². The maximum Gasteiger partial charge on any atom is 0.344 e. The van der Waals surface area contributed by atoms with Crippen LogP contribution in [-0.2, 0) is 56.0 Å². The molecule has 2 aromatic carbocycles. The number of primary amides is 2. The van der Waals surface area contributed by atoms with Crippen LogP contribution < -0.4 is 65.7 Å². The van der Waals surface area contributed by atoms with Crippen LogP contribution in [0.4, 0.5) is 0 Å². The Labute approximate surface area is 461 Å². The molecule has 78 heavy (non-hydrogen) atoms. The van der Waals surface area contributed by atoms with Gasteiger partial charge in [0.2, 0.25) is 35.4 Å². The molecule has 1 heterocycles. The number of likely N-dealkylation sites (tertiary alicyclic amines) is 1. The fourth-order valence-electron chi connectivity index (χ4n) is 9.23. The molecule has 2 unspecified atom stereocenters. The maximum absolute atomic E-state index is 15.2. The van der Waals surface area contributed by atoms with Gasteiger partial charge in [-0.15, -0.1) is 0 Å². The van der Waals surface area contributed by atoms with Crippen molar-refractivity contribution in [1.29, 1.82) is 0 Å². The number of Topliss-reactive ketones (excluding diaryl/α,β-unsaturated/α-hetero) is 1. The van der Waals surface area contributed by atoms with Crippen LogP contribution in [0.2, 0.25) is 0 Å². The first-order valence-electron chi connectivity index (χ1n) is 26.4. The predicted octanol–water partition coefficient (Wildman–Crippen LogP) is -0.845. The number of carbonyl (C=O) groups is 10. The van der Waals surface area contributed by atoms with E-state index in [-0.39, 0.29) is 76.2 Å². The Kier molecular flexibility index (Phi) is 25.8. The Morgan fingerprint density at radius 2 is 1.41 bits per heavy atom. The summed E-state index contributed by atoms with van der Waals surface area (Å²) in [5.41, 5.74) is 36.1. The highest BCUT2D eigenvalue weighted by atomic mass is 32.1. The van der Waals surface area contributed by atoms with Crippen molar-refractivity contribution in [3.63, 3.8) is 0 Å².